The Hall–Kier alpha value is -2.41. The third kappa shape index (κ3) is 3.24. The Morgan fingerprint density at radius 3 is 2.88 bits per heavy atom. The van der Waals surface area contributed by atoms with E-state index in [1.165, 1.54) is 6.33 Å². The fourth-order valence-corrected chi connectivity index (χ4v) is 3.04. The second-order valence-corrected chi connectivity index (χ2v) is 6.79. The van der Waals surface area contributed by atoms with Gasteiger partial charge in [0.15, 0.2) is 5.82 Å². The van der Waals surface area contributed by atoms with E-state index in [9.17, 15) is 0 Å². The van der Waals surface area contributed by atoms with Crippen LogP contribution in [0.1, 0.15) is 43.3 Å². The molecule has 0 aliphatic heterocycles. The van der Waals surface area contributed by atoms with Gasteiger partial charge in [0, 0.05) is 16.9 Å². The van der Waals surface area contributed by atoms with Crippen molar-refractivity contribution < 1.29 is 4.74 Å². The van der Waals surface area contributed by atoms with Crippen LogP contribution < -0.4 is 4.74 Å². The van der Waals surface area contributed by atoms with Gasteiger partial charge in [-0.1, -0.05) is 18.5 Å². The Kier molecular flexibility index (Phi) is 4.17. The molecule has 1 aliphatic carbocycles. The molecule has 0 N–H and O–H groups in total. The van der Waals surface area contributed by atoms with Crippen LogP contribution in [0.15, 0.2) is 30.9 Å². The molecule has 8 heteroatoms. The standard InChI is InChI=1S/C17H19ClN6O/c1-11(8-23-10-19-9-20-23)17-21-16(12-3-4-12)22-24(17)14-7-13(18)5-6-15(14)25-2/h5-7,9-12H,3-4,8H2,1-2H3. The lowest BCUT2D eigenvalue weighted by atomic mass is 10.1. The van der Waals surface area contributed by atoms with Crippen LogP contribution in [0.25, 0.3) is 5.69 Å². The van der Waals surface area contributed by atoms with Crippen molar-refractivity contribution in [1.29, 1.82) is 0 Å². The molecule has 0 amide bonds. The lowest BCUT2D eigenvalue weighted by Crippen LogP contribution is -2.13. The molecule has 3 aromatic rings. The average Bonchev–Trinajstić information content (AvgIpc) is 3.16. The summed E-state index contributed by atoms with van der Waals surface area (Å²) in [5.41, 5.74) is 0.801. The smallest absolute Gasteiger partial charge is 0.154 e. The summed E-state index contributed by atoms with van der Waals surface area (Å²) in [6.07, 6.45) is 5.53. The fraction of sp³-hybridized carbons (Fsp3) is 0.412. The van der Waals surface area contributed by atoms with Gasteiger partial charge < -0.3 is 4.74 Å². The maximum absolute atomic E-state index is 6.21. The average molecular weight is 359 g/mol. The summed E-state index contributed by atoms with van der Waals surface area (Å²) in [5, 5.41) is 9.59. The summed E-state index contributed by atoms with van der Waals surface area (Å²) in [6.45, 7) is 2.78. The Bertz CT molecular complexity index is 871. The predicted octanol–water partition coefficient (Wildman–Crippen LogP) is 3.20. The van der Waals surface area contributed by atoms with Crippen LogP contribution in [0, 0.1) is 0 Å². The van der Waals surface area contributed by atoms with Gasteiger partial charge in [-0.2, -0.15) is 10.2 Å². The van der Waals surface area contributed by atoms with E-state index in [0.717, 1.165) is 30.2 Å². The molecule has 1 fully saturated rings. The Labute approximate surface area is 150 Å². The first-order valence-electron chi connectivity index (χ1n) is 8.29. The molecule has 1 atom stereocenters. The minimum absolute atomic E-state index is 0.102. The first-order valence-corrected chi connectivity index (χ1v) is 8.66. The molecule has 4 rings (SSSR count). The summed E-state index contributed by atoms with van der Waals surface area (Å²) in [7, 11) is 1.64. The zero-order valence-corrected chi connectivity index (χ0v) is 14.9. The number of benzene rings is 1. The first kappa shape index (κ1) is 16.1. The van der Waals surface area contributed by atoms with E-state index in [2.05, 4.69) is 17.0 Å². The van der Waals surface area contributed by atoms with E-state index in [-0.39, 0.29) is 5.92 Å². The van der Waals surface area contributed by atoms with Crippen molar-refractivity contribution in [3.8, 4) is 11.4 Å². The Morgan fingerprint density at radius 1 is 1.36 bits per heavy atom. The van der Waals surface area contributed by atoms with Crippen LogP contribution in [0.4, 0.5) is 0 Å². The van der Waals surface area contributed by atoms with Gasteiger partial charge in [-0.3, -0.25) is 4.68 Å². The fourth-order valence-electron chi connectivity index (χ4n) is 2.87. The van der Waals surface area contributed by atoms with Crippen molar-refractivity contribution in [3.63, 3.8) is 0 Å². The molecule has 1 aliphatic rings. The molecule has 130 valence electrons. The minimum Gasteiger partial charge on any atom is -0.494 e. The highest BCUT2D eigenvalue weighted by Crippen LogP contribution is 2.39. The van der Waals surface area contributed by atoms with Crippen LogP contribution in [0.3, 0.4) is 0 Å². The second kappa shape index (κ2) is 6.48. The maximum Gasteiger partial charge on any atom is 0.154 e. The van der Waals surface area contributed by atoms with Crippen molar-refractivity contribution in [3.05, 3.63) is 47.5 Å². The third-order valence-electron chi connectivity index (χ3n) is 4.33. The SMILES string of the molecule is COc1ccc(Cl)cc1-n1nc(C2CC2)nc1C(C)Cn1cncn1. The van der Waals surface area contributed by atoms with Crippen molar-refractivity contribution in [2.45, 2.75) is 38.1 Å². The summed E-state index contributed by atoms with van der Waals surface area (Å²) in [5.74, 6) is 3.04. The van der Waals surface area contributed by atoms with Crippen molar-refractivity contribution in [2.75, 3.05) is 7.11 Å². The summed E-state index contributed by atoms with van der Waals surface area (Å²) < 4.78 is 9.17. The summed E-state index contributed by atoms with van der Waals surface area (Å²) in [4.78, 5) is 8.83. The molecule has 0 spiro atoms. The van der Waals surface area contributed by atoms with Crippen molar-refractivity contribution >= 4 is 11.6 Å². The normalized spacial score (nSPS) is 15.3. The van der Waals surface area contributed by atoms with Gasteiger partial charge >= 0.3 is 0 Å². The monoisotopic (exact) mass is 358 g/mol. The molecule has 1 aromatic carbocycles. The lowest BCUT2D eigenvalue weighted by Gasteiger charge is -2.15. The van der Waals surface area contributed by atoms with Gasteiger partial charge in [-0.25, -0.2) is 14.6 Å². The number of hydrogen-bond donors (Lipinski definition) is 0. The number of ether oxygens (including phenoxy) is 1. The van der Waals surface area contributed by atoms with Crippen LogP contribution >= 0.6 is 11.6 Å². The van der Waals surface area contributed by atoms with Crippen molar-refractivity contribution in [1.82, 2.24) is 29.5 Å². The van der Waals surface area contributed by atoms with E-state index < -0.39 is 0 Å². The molecular weight excluding hydrogens is 340 g/mol. The van der Waals surface area contributed by atoms with Crippen molar-refractivity contribution in [2.24, 2.45) is 0 Å². The van der Waals surface area contributed by atoms with E-state index in [4.69, 9.17) is 26.4 Å². The van der Waals surface area contributed by atoms with Gasteiger partial charge in [-0.15, -0.1) is 0 Å². The molecule has 0 radical (unpaired) electrons. The largest absolute Gasteiger partial charge is 0.494 e. The number of aromatic nitrogens is 6. The first-order chi connectivity index (χ1) is 12.2. The highest BCUT2D eigenvalue weighted by molar-refractivity contribution is 6.30. The number of hydrogen-bond acceptors (Lipinski definition) is 5. The second-order valence-electron chi connectivity index (χ2n) is 6.35. The van der Waals surface area contributed by atoms with E-state index in [0.29, 0.717) is 23.2 Å². The number of methoxy groups -OCH3 is 1. The van der Waals surface area contributed by atoms with Gasteiger partial charge in [-0.05, 0) is 31.0 Å². The molecule has 0 saturated heterocycles. The van der Waals surface area contributed by atoms with Crippen LogP contribution in [0.5, 0.6) is 5.75 Å². The Balaban J connectivity index is 1.77. The van der Waals surface area contributed by atoms with E-state index in [1.807, 2.05) is 16.8 Å². The van der Waals surface area contributed by atoms with Gasteiger partial charge in [0.2, 0.25) is 0 Å². The Morgan fingerprint density at radius 2 is 2.20 bits per heavy atom. The quantitative estimate of drug-likeness (QED) is 0.676. The van der Waals surface area contributed by atoms with Crippen LogP contribution in [-0.4, -0.2) is 36.6 Å². The van der Waals surface area contributed by atoms with Gasteiger partial charge in [0.05, 0.1) is 13.7 Å². The number of rotatable bonds is 6. The van der Waals surface area contributed by atoms with Gasteiger partial charge in [0.25, 0.3) is 0 Å². The lowest BCUT2D eigenvalue weighted by molar-refractivity contribution is 0.410. The topological polar surface area (TPSA) is 70.7 Å². The van der Waals surface area contributed by atoms with Crippen LogP contribution in [-0.2, 0) is 6.54 Å². The molecule has 2 heterocycles. The highest BCUT2D eigenvalue weighted by atomic mass is 35.5. The molecule has 0 bridgehead atoms. The zero-order chi connectivity index (χ0) is 17.4. The summed E-state index contributed by atoms with van der Waals surface area (Å²) in [6, 6.07) is 5.51. The number of nitrogens with zero attached hydrogens (tertiary/aromatic N) is 6. The molecule has 7 nitrogen and oxygen atoms in total. The van der Waals surface area contributed by atoms with Gasteiger partial charge in [0.1, 0.15) is 29.9 Å². The molecule has 25 heavy (non-hydrogen) atoms. The number of halogens is 1. The predicted molar refractivity (Wildman–Crippen MR) is 93.3 cm³/mol. The molecule has 1 unspecified atom stereocenters. The zero-order valence-electron chi connectivity index (χ0n) is 14.1. The van der Waals surface area contributed by atoms with Crippen LogP contribution in [0.2, 0.25) is 5.02 Å². The maximum atomic E-state index is 6.21. The molecular formula is C17H19ClN6O. The summed E-state index contributed by atoms with van der Waals surface area (Å²) >= 11 is 6.21. The molecule has 1 saturated carbocycles. The third-order valence-corrected chi connectivity index (χ3v) is 4.56. The minimum atomic E-state index is 0.102. The highest BCUT2D eigenvalue weighted by Gasteiger charge is 2.31. The molecule has 2 aromatic heterocycles. The van der Waals surface area contributed by atoms with E-state index in [1.54, 1.807) is 24.2 Å². The van der Waals surface area contributed by atoms with E-state index >= 15 is 0 Å².